The smallest absolute Gasteiger partial charge is 0.242 e. The van der Waals surface area contributed by atoms with Crippen molar-refractivity contribution < 1.29 is 4.79 Å². The summed E-state index contributed by atoms with van der Waals surface area (Å²) in [5.74, 6) is 0.232. The van der Waals surface area contributed by atoms with Gasteiger partial charge in [0.15, 0.2) is 0 Å². The molecule has 2 heterocycles. The minimum Gasteiger partial charge on any atom is -0.348 e. The number of nitrogens with two attached hydrogens (primary N) is 1. The molecule has 0 saturated carbocycles. The van der Waals surface area contributed by atoms with E-state index < -0.39 is 6.04 Å². The van der Waals surface area contributed by atoms with E-state index in [4.69, 9.17) is 5.73 Å². The summed E-state index contributed by atoms with van der Waals surface area (Å²) in [7, 11) is 0. The first-order valence-corrected chi connectivity index (χ1v) is 5.20. The summed E-state index contributed by atoms with van der Waals surface area (Å²) in [5, 5.41) is 2.64. The summed E-state index contributed by atoms with van der Waals surface area (Å²) >= 11 is 0. The fraction of sp³-hybridized carbons (Fsp3) is 0.182. The summed E-state index contributed by atoms with van der Waals surface area (Å²) in [6.07, 6.45) is 5.22. The molecule has 0 bridgehead atoms. The van der Waals surface area contributed by atoms with Gasteiger partial charge in [0, 0.05) is 24.5 Å². The Morgan fingerprint density at radius 1 is 1.53 bits per heavy atom. The molecule has 88 valence electrons. The van der Waals surface area contributed by atoms with Crippen LogP contribution in [0.25, 0.3) is 0 Å². The van der Waals surface area contributed by atoms with E-state index in [2.05, 4.69) is 20.3 Å². The van der Waals surface area contributed by atoms with Crippen molar-refractivity contribution in [3.63, 3.8) is 0 Å². The number of carbonyl (C=O) groups is 1. The van der Waals surface area contributed by atoms with Crippen LogP contribution in [0, 0.1) is 0 Å². The Kier molecular flexibility index (Phi) is 3.46. The maximum atomic E-state index is 11.7. The maximum Gasteiger partial charge on any atom is 0.242 e. The van der Waals surface area contributed by atoms with E-state index in [1.165, 1.54) is 0 Å². The molecule has 2 aromatic heterocycles. The van der Waals surface area contributed by atoms with Gasteiger partial charge < -0.3 is 16.0 Å². The first-order valence-electron chi connectivity index (χ1n) is 5.20. The third-order valence-electron chi connectivity index (χ3n) is 2.25. The molecule has 0 aliphatic carbocycles. The highest BCUT2D eigenvalue weighted by molar-refractivity contribution is 5.93. The number of rotatable bonds is 4. The Hall–Kier alpha value is -2.21. The number of aromatic amines is 1. The molecule has 6 heteroatoms. The maximum absolute atomic E-state index is 11.7. The minimum atomic E-state index is -0.627. The molecule has 2 rings (SSSR count). The van der Waals surface area contributed by atoms with E-state index >= 15 is 0 Å². The van der Waals surface area contributed by atoms with E-state index in [0.29, 0.717) is 12.2 Å². The highest BCUT2D eigenvalue weighted by Gasteiger charge is 2.15. The summed E-state index contributed by atoms with van der Waals surface area (Å²) in [6.45, 7) is 0. The fourth-order valence-corrected chi connectivity index (χ4v) is 1.38. The van der Waals surface area contributed by atoms with Gasteiger partial charge in [-0.3, -0.25) is 4.79 Å². The van der Waals surface area contributed by atoms with Crippen molar-refractivity contribution in [2.45, 2.75) is 12.5 Å². The molecule has 6 nitrogen and oxygen atoms in total. The highest BCUT2D eigenvalue weighted by atomic mass is 16.2. The lowest BCUT2D eigenvalue weighted by Gasteiger charge is -2.10. The van der Waals surface area contributed by atoms with Crippen LogP contribution in [0.2, 0.25) is 0 Å². The van der Waals surface area contributed by atoms with Crippen LogP contribution in [0.5, 0.6) is 0 Å². The molecule has 0 aliphatic rings. The van der Waals surface area contributed by atoms with E-state index in [1.54, 1.807) is 36.9 Å². The summed E-state index contributed by atoms with van der Waals surface area (Å²) in [4.78, 5) is 22.5. The van der Waals surface area contributed by atoms with E-state index in [1.807, 2.05) is 0 Å². The quantitative estimate of drug-likeness (QED) is 0.705. The number of hydrogen-bond donors (Lipinski definition) is 3. The topological polar surface area (TPSA) is 96.7 Å². The van der Waals surface area contributed by atoms with Gasteiger partial charge in [0.1, 0.15) is 5.82 Å². The lowest BCUT2D eigenvalue weighted by molar-refractivity contribution is -0.117. The predicted molar refractivity (Wildman–Crippen MR) is 63.1 cm³/mol. The van der Waals surface area contributed by atoms with Gasteiger partial charge in [-0.25, -0.2) is 9.97 Å². The van der Waals surface area contributed by atoms with Crippen molar-refractivity contribution in [3.8, 4) is 0 Å². The zero-order chi connectivity index (χ0) is 12.1. The van der Waals surface area contributed by atoms with Crippen LogP contribution in [-0.4, -0.2) is 26.9 Å². The van der Waals surface area contributed by atoms with Crippen LogP contribution < -0.4 is 11.1 Å². The zero-order valence-corrected chi connectivity index (χ0v) is 9.13. The third kappa shape index (κ3) is 3.12. The summed E-state index contributed by atoms with van der Waals surface area (Å²) in [5.41, 5.74) is 6.60. The van der Waals surface area contributed by atoms with Crippen LogP contribution in [0.15, 0.2) is 36.9 Å². The average Bonchev–Trinajstić information content (AvgIpc) is 2.83. The van der Waals surface area contributed by atoms with Crippen molar-refractivity contribution in [2.75, 3.05) is 5.32 Å². The largest absolute Gasteiger partial charge is 0.348 e. The molecule has 0 fully saturated rings. The normalized spacial score (nSPS) is 12.1. The second-order valence-electron chi connectivity index (χ2n) is 3.59. The minimum absolute atomic E-state index is 0.265. The van der Waals surface area contributed by atoms with Crippen LogP contribution in [0.4, 0.5) is 5.82 Å². The number of carbonyl (C=O) groups excluding carboxylic acids is 1. The van der Waals surface area contributed by atoms with Crippen molar-refractivity contribution in [3.05, 3.63) is 42.6 Å². The number of nitrogens with one attached hydrogen (secondary N) is 2. The van der Waals surface area contributed by atoms with Crippen molar-refractivity contribution in [2.24, 2.45) is 5.73 Å². The van der Waals surface area contributed by atoms with Gasteiger partial charge in [0.05, 0.1) is 12.4 Å². The Morgan fingerprint density at radius 2 is 2.41 bits per heavy atom. The van der Waals surface area contributed by atoms with Gasteiger partial charge in [-0.15, -0.1) is 0 Å². The highest BCUT2D eigenvalue weighted by Crippen LogP contribution is 2.02. The molecule has 0 saturated heterocycles. The monoisotopic (exact) mass is 231 g/mol. The molecule has 1 atom stereocenters. The van der Waals surface area contributed by atoms with E-state index in [-0.39, 0.29) is 5.91 Å². The Labute approximate surface area is 98.3 Å². The molecule has 4 N–H and O–H groups in total. The molecule has 0 unspecified atom stereocenters. The first-order chi connectivity index (χ1) is 8.25. The third-order valence-corrected chi connectivity index (χ3v) is 2.25. The molecule has 1 amide bonds. The van der Waals surface area contributed by atoms with Crippen LogP contribution in [-0.2, 0) is 11.2 Å². The molecule has 17 heavy (non-hydrogen) atoms. The molecule has 0 aliphatic heterocycles. The SMILES string of the molecule is N[C@@H](Cc1cnc[nH]1)C(=O)Nc1ccccn1. The van der Waals surface area contributed by atoms with E-state index in [9.17, 15) is 4.79 Å². The second-order valence-corrected chi connectivity index (χ2v) is 3.59. The van der Waals surface area contributed by atoms with Crippen molar-refractivity contribution in [1.82, 2.24) is 15.0 Å². The molecule has 0 radical (unpaired) electrons. The van der Waals surface area contributed by atoms with Crippen LogP contribution in [0.3, 0.4) is 0 Å². The lowest BCUT2D eigenvalue weighted by atomic mass is 10.1. The first kappa shape index (κ1) is 11.3. The zero-order valence-electron chi connectivity index (χ0n) is 9.13. The van der Waals surface area contributed by atoms with Gasteiger partial charge in [0.25, 0.3) is 0 Å². The number of H-pyrrole nitrogens is 1. The Morgan fingerprint density at radius 3 is 3.06 bits per heavy atom. The molecular formula is C11H13N5O. The van der Waals surface area contributed by atoms with Gasteiger partial charge in [-0.2, -0.15) is 0 Å². The molecule has 2 aromatic rings. The number of anilines is 1. The van der Waals surface area contributed by atoms with E-state index in [0.717, 1.165) is 5.69 Å². The van der Waals surface area contributed by atoms with Crippen molar-refractivity contribution in [1.29, 1.82) is 0 Å². The van der Waals surface area contributed by atoms with Crippen molar-refractivity contribution >= 4 is 11.7 Å². The number of pyridine rings is 1. The number of nitrogens with zero attached hydrogens (tertiary/aromatic N) is 2. The predicted octanol–water partition coefficient (Wildman–Crippen LogP) is 0.313. The number of hydrogen-bond acceptors (Lipinski definition) is 4. The Balaban J connectivity index is 1.92. The standard InChI is InChI=1S/C11H13N5O/c12-9(5-8-6-13-7-15-8)11(17)16-10-3-1-2-4-14-10/h1-4,6-7,9H,5,12H2,(H,13,15)(H,14,16,17)/t9-/m0/s1. The molecule has 0 aromatic carbocycles. The van der Waals surface area contributed by atoms with Gasteiger partial charge in [-0.1, -0.05) is 6.07 Å². The summed E-state index contributed by atoms with van der Waals surface area (Å²) < 4.78 is 0. The number of aromatic nitrogens is 3. The number of imidazole rings is 1. The number of amides is 1. The van der Waals surface area contributed by atoms with Crippen LogP contribution in [0.1, 0.15) is 5.69 Å². The van der Waals surface area contributed by atoms with Crippen LogP contribution >= 0.6 is 0 Å². The molecule has 0 spiro atoms. The molecular weight excluding hydrogens is 218 g/mol. The fourth-order valence-electron chi connectivity index (χ4n) is 1.38. The second kappa shape index (κ2) is 5.22. The summed E-state index contributed by atoms with van der Waals surface area (Å²) in [6, 6.07) is 4.65. The van der Waals surface area contributed by atoms with Gasteiger partial charge in [-0.05, 0) is 12.1 Å². The van der Waals surface area contributed by atoms with Gasteiger partial charge >= 0.3 is 0 Å². The lowest BCUT2D eigenvalue weighted by Crippen LogP contribution is -2.37. The Bertz CT molecular complexity index is 468. The average molecular weight is 231 g/mol. The van der Waals surface area contributed by atoms with Gasteiger partial charge in [0.2, 0.25) is 5.91 Å².